The summed E-state index contributed by atoms with van der Waals surface area (Å²) < 4.78 is 13.8. The largest absolute Gasteiger partial charge is 0.711 e. The molecular weight excluding hydrogens is 408 g/mol. The first-order valence-corrected chi connectivity index (χ1v) is 11.5. The van der Waals surface area contributed by atoms with Gasteiger partial charge in [0.2, 0.25) is 0 Å². The van der Waals surface area contributed by atoms with Crippen LogP contribution in [0, 0.1) is 30.9 Å². The number of imidazole rings is 1. The molecule has 1 saturated carbocycles. The fourth-order valence-electron chi connectivity index (χ4n) is 5.22. The highest BCUT2D eigenvalue weighted by atomic mass is 16.7. The number of benzene rings is 1. The van der Waals surface area contributed by atoms with Gasteiger partial charge in [-0.3, -0.25) is 9.59 Å². The van der Waals surface area contributed by atoms with Crippen LogP contribution >= 0.6 is 0 Å². The van der Waals surface area contributed by atoms with Crippen molar-refractivity contribution in [3.05, 3.63) is 58.3 Å². The summed E-state index contributed by atoms with van der Waals surface area (Å²) in [4.78, 5) is 26.2. The fourth-order valence-corrected chi connectivity index (χ4v) is 5.22. The molecule has 7 nitrogen and oxygen atoms in total. The molecule has 32 heavy (non-hydrogen) atoms. The van der Waals surface area contributed by atoms with Crippen LogP contribution < -0.4 is 4.73 Å². The van der Waals surface area contributed by atoms with E-state index in [9.17, 15) is 14.8 Å². The fraction of sp³-hybridized carbons (Fsp3) is 0.560. The first-order valence-electron chi connectivity index (χ1n) is 11.5. The van der Waals surface area contributed by atoms with Gasteiger partial charge >= 0.3 is 11.9 Å². The summed E-state index contributed by atoms with van der Waals surface area (Å²) in [6.07, 6.45) is 4.87. The number of carbonyl (C=O) groups is 2. The van der Waals surface area contributed by atoms with Gasteiger partial charge in [-0.1, -0.05) is 49.6 Å². The van der Waals surface area contributed by atoms with Gasteiger partial charge in [0.25, 0.3) is 11.6 Å². The zero-order chi connectivity index (χ0) is 23.0. The predicted molar refractivity (Wildman–Crippen MR) is 117 cm³/mol. The van der Waals surface area contributed by atoms with E-state index in [1.54, 1.807) is 20.8 Å². The van der Waals surface area contributed by atoms with Crippen LogP contribution in [0.4, 0.5) is 0 Å². The van der Waals surface area contributed by atoms with Gasteiger partial charge in [-0.15, -0.1) is 0 Å². The summed E-state index contributed by atoms with van der Waals surface area (Å²) >= 11 is 0. The molecule has 7 heteroatoms. The van der Waals surface area contributed by atoms with Crippen LogP contribution in [0.15, 0.2) is 30.3 Å². The Morgan fingerprint density at radius 3 is 2.25 bits per heavy atom. The summed E-state index contributed by atoms with van der Waals surface area (Å²) in [6, 6.07) is 9.89. The minimum atomic E-state index is -1.30. The number of aromatic nitrogens is 2. The van der Waals surface area contributed by atoms with Crippen molar-refractivity contribution >= 4 is 11.9 Å². The number of rotatable bonds is 5. The van der Waals surface area contributed by atoms with Gasteiger partial charge in [-0.2, -0.15) is 0 Å². The van der Waals surface area contributed by atoms with Crippen LogP contribution in [-0.4, -0.2) is 22.3 Å². The smallest absolute Gasteiger partial charge is 0.324 e. The Bertz CT molecular complexity index is 985. The number of carbonyl (C=O) groups excluding carboxylic acids is 2. The SMILES string of the molecule is Cc1c(C)[n+]([O-])c([C@@H](C2CCCCC2)C2C(=O)OC(C)(C)OC2=O)n1Cc1ccccc1. The van der Waals surface area contributed by atoms with Crippen molar-refractivity contribution in [2.24, 2.45) is 11.8 Å². The summed E-state index contributed by atoms with van der Waals surface area (Å²) in [5, 5.41) is 13.5. The molecule has 0 amide bonds. The standard InChI is InChI=1S/C25H32N2O5/c1-16-17(2)27(30)22(26(16)15-18-11-7-5-8-12-18)20(19-13-9-6-10-14-19)21-23(28)31-25(3,4)32-24(21)29/h5,7-8,11-12,19-21H,6,9-10,13-15H2,1-4H3/t20-/m0/s1. The number of ether oxygens (including phenoxy) is 2. The molecule has 1 atom stereocenters. The van der Waals surface area contributed by atoms with Crippen LogP contribution in [0.25, 0.3) is 0 Å². The van der Waals surface area contributed by atoms with Gasteiger partial charge < -0.3 is 14.7 Å². The van der Waals surface area contributed by atoms with E-state index in [-0.39, 0.29) is 5.92 Å². The van der Waals surface area contributed by atoms with Crippen molar-refractivity contribution in [2.45, 2.75) is 78.0 Å². The predicted octanol–water partition coefficient (Wildman–Crippen LogP) is 3.90. The number of hydrogen-bond acceptors (Lipinski definition) is 5. The van der Waals surface area contributed by atoms with Crippen molar-refractivity contribution < 1.29 is 23.8 Å². The molecule has 2 aliphatic rings. The zero-order valence-electron chi connectivity index (χ0n) is 19.3. The lowest BCUT2D eigenvalue weighted by molar-refractivity contribution is -0.623. The molecule has 2 fully saturated rings. The van der Waals surface area contributed by atoms with Crippen LogP contribution in [0.5, 0.6) is 0 Å². The van der Waals surface area contributed by atoms with E-state index in [4.69, 9.17) is 9.47 Å². The first-order chi connectivity index (χ1) is 15.2. The number of esters is 2. The van der Waals surface area contributed by atoms with E-state index in [0.29, 0.717) is 18.1 Å². The van der Waals surface area contributed by atoms with E-state index in [1.165, 1.54) is 0 Å². The Balaban J connectivity index is 1.84. The van der Waals surface area contributed by atoms with E-state index in [0.717, 1.165) is 48.1 Å². The van der Waals surface area contributed by atoms with E-state index < -0.39 is 29.6 Å². The third-order valence-corrected chi connectivity index (χ3v) is 6.92. The van der Waals surface area contributed by atoms with Crippen LogP contribution in [0.1, 0.15) is 74.6 Å². The highest BCUT2D eigenvalue weighted by Crippen LogP contribution is 2.43. The van der Waals surface area contributed by atoms with Gasteiger partial charge in [0.05, 0.1) is 5.92 Å². The molecule has 0 radical (unpaired) electrons. The molecule has 1 aliphatic carbocycles. The lowest BCUT2D eigenvalue weighted by atomic mass is 9.73. The maximum atomic E-state index is 13.5. The topological polar surface area (TPSA) is 84.5 Å². The third-order valence-electron chi connectivity index (χ3n) is 6.92. The Kier molecular flexibility index (Phi) is 6.01. The second-order valence-electron chi connectivity index (χ2n) is 9.54. The Morgan fingerprint density at radius 1 is 1.06 bits per heavy atom. The summed E-state index contributed by atoms with van der Waals surface area (Å²) in [5.74, 6) is -3.77. The van der Waals surface area contributed by atoms with Crippen LogP contribution in [-0.2, 0) is 25.6 Å². The summed E-state index contributed by atoms with van der Waals surface area (Å²) in [5.41, 5.74) is 2.46. The number of nitrogens with zero attached hydrogens (tertiary/aromatic N) is 2. The highest BCUT2D eigenvalue weighted by molar-refractivity contribution is 5.97. The van der Waals surface area contributed by atoms with Gasteiger partial charge in [-0.05, 0) is 24.3 Å². The molecule has 2 heterocycles. The van der Waals surface area contributed by atoms with E-state index >= 15 is 0 Å². The number of hydrogen-bond donors (Lipinski definition) is 0. The Hall–Kier alpha value is -2.83. The van der Waals surface area contributed by atoms with Crippen molar-refractivity contribution in [1.82, 2.24) is 4.57 Å². The molecule has 0 unspecified atom stereocenters. The minimum absolute atomic E-state index is 0.0264. The Labute approximate surface area is 188 Å². The quantitative estimate of drug-likeness (QED) is 0.305. The van der Waals surface area contributed by atoms with Crippen molar-refractivity contribution in [2.75, 3.05) is 0 Å². The van der Waals surface area contributed by atoms with Gasteiger partial charge in [0.15, 0.2) is 5.92 Å². The molecule has 4 rings (SSSR count). The average Bonchev–Trinajstić information content (AvgIpc) is 2.95. The summed E-state index contributed by atoms with van der Waals surface area (Å²) in [6.45, 7) is 7.29. The molecule has 1 aliphatic heterocycles. The lowest BCUT2D eigenvalue weighted by Gasteiger charge is -2.38. The molecule has 0 N–H and O–H groups in total. The second-order valence-corrected chi connectivity index (χ2v) is 9.54. The highest BCUT2D eigenvalue weighted by Gasteiger charge is 2.53. The van der Waals surface area contributed by atoms with Crippen molar-refractivity contribution in [1.29, 1.82) is 0 Å². The number of cyclic esters (lactones) is 2. The maximum Gasteiger partial charge on any atom is 0.324 e. The molecule has 1 saturated heterocycles. The molecule has 172 valence electrons. The molecule has 1 aromatic heterocycles. The second kappa shape index (κ2) is 8.60. The summed E-state index contributed by atoms with van der Waals surface area (Å²) in [7, 11) is 0. The van der Waals surface area contributed by atoms with Gasteiger partial charge in [-0.25, -0.2) is 9.30 Å². The normalized spacial score (nSPS) is 20.6. The maximum absolute atomic E-state index is 13.5. The molecule has 1 aromatic carbocycles. The van der Waals surface area contributed by atoms with E-state index in [1.807, 2.05) is 41.8 Å². The molecular formula is C25H32N2O5. The van der Waals surface area contributed by atoms with Crippen LogP contribution in [0.2, 0.25) is 0 Å². The van der Waals surface area contributed by atoms with Crippen LogP contribution in [0.3, 0.4) is 0 Å². The first kappa shape index (κ1) is 22.4. The van der Waals surface area contributed by atoms with E-state index in [2.05, 4.69) is 0 Å². The molecule has 0 bridgehead atoms. The van der Waals surface area contributed by atoms with Gasteiger partial charge in [0, 0.05) is 27.7 Å². The third kappa shape index (κ3) is 4.12. The molecule has 2 aromatic rings. The monoisotopic (exact) mass is 440 g/mol. The minimum Gasteiger partial charge on any atom is -0.711 e. The average molecular weight is 441 g/mol. The van der Waals surface area contributed by atoms with Crippen molar-refractivity contribution in [3.8, 4) is 0 Å². The van der Waals surface area contributed by atoms with Gasteiger partial charge in [0.1, 0.15) is 17.9 Å². The lowest BCUT2D eigenvalue weighted by Crippen LogP contribution is -2.51. The van der Waals surface area contributed by atoms with Crippen molar-refractivity contribution in [3.63, 3.8) is 0 Å². The Morgan fingerprint density at radius 2 is 1.66 bits per heavy atom. The molecule has 0 spiro atoms. The zero-order valence-corrected chi connectivity index (χ0v) is 19.3.